The number of nitro benzene ring substituents is 1. The molecule has 2 N–H and O–H groups in total. The number of esters is 1. The second-order valence-electron chi connectivity index (χ2n) is 6.63. The van der Waals surface area contributed by atoms with Gasteiger partial charge in [-0.25, -0.2) is 4.79 Å². The molecule has 0 spiro atoms. The minimum atomic E-state index is -1.29. The normalized spacial score (nSPS) is 11.5. The molecule has 1 unspecified atom stereocenters. The first-order valence-electron chi connectivity index (χ1n) is 9.44. The zero-order chi connectivity index (χ0) is 22.4. The van der Waals surface area contributed by atoms with Gasteiger partial charge in [0.1, 0.15) is 0 Å². The number of amides is 1. The number of carbonyl (C=O) groups excluding carboxylic acids is 2. The molecule has 9 nitrogen and oxygen atoms in total. The highest BCUT2D eigenvalue weighted by Gasteiger charge is 2.27. The molecule has 0 aliphatic heterocycles. The van der Waals surface area contributed by atoms with E-state index in [-0.39, 0.29) is 22.1 Å². The van der Waals surface area contributed by atoms with Crippen LogP contribution in [-0.4, -0.2) is 27.0 Å². The summed E-state index contributed by atoms with van der Waals surface area (Å²) >= 11 is 6.06. The molecule has 0 fully saturated rings. The molecule has 0 saturated heterocycles. The summed E-state index contributed by atoms with van der Waals surface area (Å²) in [5.74, 6) is -1.43. The number of hydrogen-bond acceptors (Lipinski definition) is 6. The van der Waals surface area contributed by atoms with E-state index >= 15 is 0 Å². The van der Waals surface area contributed by atoms with Gasteiger partial charge in [0, 0.05) is 23.4 Å². The number of benzene rings is 2. The summed E-state index contributed by atoms with van der Waals surface area (Å²) < 4.78 is 5.47. The van der Waals surface area contributed by atoms with Gasteiger partial charge >= 0.3 is 5.97 Å². The Morgan fingerprint density at radius 2 is 1.97 bits per heavy atom. The fourth-order valence-corrected chi connectivity index (χ4v) is 3.07. The van der Waals surface area contributed by atoms with Crippen molar-refractivity contribution in [3.05, 3.63) is 86.7 Å². The lowest BCUT2D eigenvalue weighted by molar-refractivity contribution is -0.384. The third-order valence-corrected chi connectivity index (χ3v) is 4.66. The van der Waals surface area contributed by atoms with E-state index in [1.165, 1.54) is 12.1 Å². The molecule has 3 aromatic rings. The number of nitrogens with one attached hydrogen (secondary N) is 2. The highest BCUT2D eigenvalue weighted by Crippen LogP contribution is 2.28. The molecule has 10 heteroatoms. The molecule has 0 bridgehead atoms. The van der Waals surface area contributed by atoms with Gasteiger partial charge in [0.25, 0.3) is 11.6 Å². The first-order valence-corrected chi connectivity index (χ1v) is 9.82. The second kappa shape index (κ2) is 9.86. The average Bonchev–Trinajstić information content (AvgIpc) is 3.23. The second-order valence-corrected chi connectivity index (χ2v) is 7.04. The molecule has 2 aromatic carbocycles. The number of non-ortho nitro benzene ring substituents is 1. The van der Waals surface area contributed by atoms with Crippen LogP contribution in [-0.2, 0) is 16.0 Å². The third kappa shape index (κ3) is 5.46. The first kappa shape index (κ1) is 22.0. The van der Waals surface area contributed by atoms with Gasteiger partial charge in [0.2, 0.25) is 6.10 Å². The molecular weight excluding hydrogens is 424 g/mol. The third-order valence-electron chi connectivity index (χ3n) is 4.35. The number of nitrogens with zero attached hydrogens (tertiary/aromatic N) is 2. The average molecular weight is 443 g/mol. The number of nitro groups is 1. The van der Waals surface area contributed by atoms with Crippen LogP contribution < -0.4 is 5.32 Å². The smallest absolute Gasteiger partial charge is 0.359 e. The Balaban J connectivity index is 1.82. The molecule has 31 heavy (non-hydrogen) atoms. The van der Waals surface area contributed by atoms with E-state index in [2.05, 4.69) is 15.5 Å². The number of halogens is 1. The Bertz CT molecular complexity index is 1100. The molecule has 0 radical (unpaired) electrons. The van der Waals surface area contributed by atoms with Gasteiger partial charge in [-0.1, -0.05) is 55.3 Å². The Hall–Kier alpha value is -3.72. The van der Waals surface area contributed by atoms with Crippen molar-refractivity contribution in [2.24, 2.45) is 0 Å². The first-order chi connectivity index (χ1) is 14.9. The number of hydrogen-bond donors (Lipinski definition) is 2. The number of aromatic amines is 1. The maximum atomic E-state index is 12.9. The lowest BCUT2D eigenvalue weighted by Crippen LogP contribution is -2.26. The quantitative estimate of drug-likeness (QED) is 0.301. The van der Waals surface area contributed by atoms with E-state index in [9.17, 15) is 19.7 Å². The Morgan fingerprint density at radius 3 is 2.61 bits per heavy atom. The summed E-state index contributed by atoms with van der Waals surface area (Å²) in [6.07, 6.45) is 0.315. The van der Waals surface area contributed by atoms with Gasteiger partial charge in [-0.15, -0.1) is 0 Å². The van der Waals surface area contributed by atoms with Gasteiger partial charge in [-0.2, -0.15) is 5.10 Å². The van der Waals surface area contributed by atoms with Crippen LogP contribution >= 0.6 is 11.6 Å². The van der Waals surface area contributed by atoms with Crippen molar-refractivity contribution in [2.45, 2.75) is 25.9 Å². The maximum Gasteiger partial charge on any atom is 0.359 e. The van der Waals surface area contributed by atoms with Crippen molar-refractivity contribution >= 4 is 34.9 Å². The number of anilines is 1. The predicted molar refractivity (Wildman–Crippen MR) is 114 cm³/mol. The number of ether oxygens (including phenoxy) is 1. The van der Waals surface area contributed by atoms with Crippen LogP contribution in [0.2, 0.25) is 5.02 Å². The van der Waals surface area contributed by atoms with Gasteiger partial charge in [0.15, 0.2) is 5.69 Å². The SMILES string of the molecule is CCCc1cc(C(=O)OC(C(=O)Nc2ccc([N+](=O)[O-])cc2Cl)c2ccccc2)n[nH]1. The van der Waals surface area contributed by atoms with Gasteiger partial charge < -0.3 is 10.1 Å². The van der Waals surface area contributed by atoms with Crippen molar-refractivity contribution in [1.82, 2.24) is 10.2 Å². The summed E-state index contributed by atoms with van der Waals surface area (Å²) in [5.41, 5.74) is 1.23. The van der Waals surface area contributed by atoms with Crippen molar-refractivity contribution in [2.75, 3.05) is 5.32 Å². The fourth-order valence-electron chi connectivity index (χ4n) is 2.85. The topological polar surface area (TPSA) is 127 Å². The minimum absolute atomic E-state index is 0.0165. The summed E-state index contributed by atoms with van der Waals surface area (Å²) in [4.78, 5) is 35.8. The standard InChI is InChI=1S/C21H19ClN4O5/c1-2-6-14-11-18(25-24-14)21(28)31-19(13-7-4-3-5-8-13)20(27)23-17-10-9-15(26(29)30)12-16(17)22/h3-5,7-12,19H,2,6H2,1H3,(H,23,27)(H,24,25). The Morgan fingerprint density at radius 1 is 1.23 bits per heavy atom. The van der Waals surface area contributed by atoms with Gasteiger partial charge in [-0.3, -0.25) is 20.0 Å². The number of H-pyrrole nitrogens is 1. The van der Waals surface area contributed by atoms with Gasteiger partial charge in [0.05, 0.1) is 15.6 Å². The highest BCUT2D eigenvalue weighted by molar-refractivity contribution is 6.34. The van der Waals surface area contributed by atoms with Crippen molar-refractivity contribution in [1.29, 1.82) is 0 Å². The van der Waals surface area contributed by atoms with Crippen molar-refractivity contribution in [3.63, 3.8) is 0 Å². The molecule has 0 aliphatic rings. The molecule has 1 amide bonds. The zero-order valence-corrected chi connectivity index (χ0v) is 17.3. The van der Waals surface area contributed by atoms with Crippen LogP contribution in [0.15, 0.2) is 54.6 Å². The van der Waals surface area contributed by atoms with E-state index in [1.807, 2.05) is 6.92 Å². The molecule has 1 atom stereocenters. The Kier molecular flexibility index (Phi) is 6.99. The van der Waals surface area contributed by atoms with E-state index in [0.717, 1.165) is 24.6 Å². The molecule has 160 valence electrons. The predicted octanol–water partition coefficient (Wildman–Crippen LogP) is 4.46. The molecular formula is C21H19ClN4O5. The van der Waals surface area contributed by atoms with E-state index < -0.39 is 22.9 Å². The summed E-state index contributed by atoms with van der Waals surface area (Å²) in [7, 11) is 0. The number of carbonyl (C=O) groups is 2. The minimum Gasteiger partial charge on any atom is -0.442 e. The fraction of sp³-hybridized carbons (Fsp3) is 0.190. The van der Waals surface area contributed by atoms with E-state index in [0.29, 0.717) is 5.56 Å². The molecule has 1 aromatic heterocycles. The summed E-state index contributed by atoms with van der Waals surface area (Å²) in [5, 5.41) is 20.1. The van der Waals surface area contributed by atoms with E-state index in [1.54, 1.807) is 36.4 Å². The largest absolute Gasteiger partial charge is 0.442 e. The Labute approximate surface area is 182 Å². The molecule has 3 rings (SSSR count). The molecule has 1 heterocycles. The number of aromatic nitrogens is 2. The lowest BCUT2D eigenvalue weighted by atomic mass is 10.1. The van der Waals surface area contributed by atoms with Crippen LogP contribution in [0, 0.1) is 10.1 Å². The number of aryl methyl sites for hydroxylation is 1. The van der Waals surface area contributed by atoms with E-state index in [4.69, 9.17) is 16.3 Å². The summed E-state index contributed by atoms with van der Waals surface area (Å²) in [6.45, 7) is 2.00. The molecule has 0 aliphatic carbocycles. The van der Waals surface area contributed by atoms with Crippen LogP contribution in [0.1, 0.15) is 41.2 Å². The molecule has 0 saturated carbocycles. The highest BCUT2D eigenvalue weighted by atomic mass is 35.5. The summed E-state index contributed by atoms with van der Waals surface area (Å²) in [6, 6.07) is 13.7. The van der Waals surface area contributed by atoms with Crippen LogP contribution in [0.5, 0.6) is 0 Å². The lowest BCUT2D eigenvalue weighted by Gasteiger charge is -2.18. The van der Waals surface area contributed by atoms with Crippen LogP contribution in [0.4, 0.5) is 11.4 Å². The van der Waals surface area contributed by atoms with Gasteiger partial charge in [-0.05, 0) is 18.6 Å². The van der Waals surface area contributed by atoms with Crippen molar-refractivity contribution < 1.29 is 19.2 Å². The maximum absolute atomic E-state index is 12.9. The number of rotatable bonds is 8. The monoisotopic (exact) mass is 442 g/mol. The van der Waals surface area contributed by atoms with Crippen molar-refractivity contribution in [3.8, 4) is 0 Å². The zero-order valence-electron chi connectivity index (χ0n) is 16.5. The van der Waals surface area contributed by atoms with Crippen LogP contribution in [0.25, 0.3) is 0 Å². The van der Waals surface area contributed by atoms with Crippen LogP contribution in [0.3, 0.4) is 0 Å².